The van der Waals surface area contributed by atoms with Gasteiger partial charge < -0.3 is 14.4 Å². The molecule has 6 heteroatoms. The Kier molecular flexibility index (Phi) is 4.42. The molecule has 1 aliphatic heterocycles. The van der Waals surface area contributed by atoms with Crippen molar-refractivity contribution in [3.63, 3.8) is 0 Å². The quantitative estimate of drug-likeness (QED) is 0.849. The first-order valence-electron chi connectivity index (χ1n) is 6.85. The van der Waals surface area contributed by atoms with Crippen molar-refractivity contribution < 1.29 is 14.3 Å². The van der Waals surface area contributed by atoms with Crippen LogP contribution >= 0.6 is 0 Å². The normalized spacial score (nSPS) is 18.9. The van der Waals surface area contributed by atoms with E-state index in [2.05, 4.69) is 9.97 Å². The molecule has 1 fully saturated rings. The largest absolute Gasteiger partial charge is 0.461 e. The lowest BCUT2D eigenvalue weighted by molar-refractivity contribution is 0.0184. The summed E-state index contributed by atoms with van der Waals surface area (Å²) in [7, 11) is 0. The van der Waals surface area contributed by atoms with Gasteiger partial charge in [0.15, 0.2) is 0 Å². The molecule has 0 aromatic carbocycles. The number of carbonyl (C=O) groups is 1. The summed E-state index contributed by atoms with van der Waals surface area (Å²) in [5, 5.41) is 0. The number of amides is 1. The van der Waals surface area contributed by atoms with Crippen LogP contribution in [0.2, 0.25) is 0 Å². The molecule has 1 aromatic heterocycles. The highest BCUT2D eigenvalue weighted by atomic mass is 16.6. The second-order valence-corrected chi connectivity index (χ2v) is 5.81. The molecule has 0 N–H and O–H groups in total. The maximum absolute atomic E-state index is 12.1. The van der Waals surface area contributed by atoms with Crippen LogP contribution in [0.15, 0.2) is 18.5 Å². The van der Waals surface area contributed by atoms with E-state index in [0.29, 0.717) is 19.2 Å². The molecular formula is C14H21N3O3. The second-order valence-electron chi connectivity index (χ2n) is 5.81. The molecular weight excluding hydrogens is 258 g/mol. The molecule has 1 atom stereocenters. The Hall–Kier alpha value is -1.85. The van der Waals surface area contributed by atoms with Crippen LogP contribution in [0, 0.1) is 0 Å². The fraction of sp³-hybridized carbons (Fsp3) is 0.643. The molecule has 110 valence electrons. The Balaban J connectivity index is 1.89. The first-order valence-corrected chi connectivity index (χ1v) is 6.85. The van der Waals surface area contributed by atoms with Crippen LogP contribution in [-0.4, -0.2) is 45.8 Å². The minimum Gasteiger partial charge on any atom is -0.461 e. The van der Waals surface area contributed by atoms with Crippen molar-refractivity contribution in [2.24, 2.45) is 0 Å². The average molecular weight is 279 g/mol. The second kappa shape index (κ2) is 6.07. The highest BCUT2D eigenvalue weighted by Gasteiger charge is 2.32. The standard InChI is InChI=1S/C14H21N3O3/c1-14(2,3)20-13(18)17-9-4-6-11(17)10-19-12-15-7-5-8-16-12/h5,7-8,11H,4,6,9-10H2,1-3H3/t11-/m1/s1. The monoisotopic (exact) mass is 279 g/mol. The van der Waals surface area contributed by atoms with Crippen LogP contribution in [0.5, 0.6) is 6.01 Å². The van der Waals surface area contributed by atoms with E-state index < -0.39 is 5.60 Å². The van der Waals surface area contributed by atoms with E-state index >= 15 is 0 Å². The van der Waals surface area contributed by atoms with Gasteiger partial charge in [-0.1, -0.05) is 0 Å². The third-order valence-corrected chi connectivity index (χ3v) is 2.95. The first-order chi connectivity index (χ1) is 9.46. The zero-order valence-electron chi connectivity index (χ0n) is 12.2. The number of nitrogens with zero attached hydrogens (tertiary/aromatic N) is 3. The molecule has 6 nitrogen and oxygen atoms in total. The fourth-order valence-electron chi connectivity index (χ4n) is 2.10. The summed E-state index contributed by atoms with van der Waals surface area (Å²) in [6.45, 7) is 6.70. The fourth-order valence-corrected chi connectivity index (χ4v) is 2.10. The van der Waals surface area contributed by atoms with Crippen LogP contribution in [0.4, 0.5) is 4.79 Å². The molecule has 1 aromatic rings. The Morgan fingerprint density at radius 2 is 2.10 bits per heavy atom. The molecule has 1 aliphatic rings. The van der Waals surface area contributed by atoms with Gasteiger partial charge in [0.25, 0.3) is 0 Å². The van der Waals surface area contributed by atoms with E-state index in [0.717, 1.165) is 12.8 Å². The van der Waals surface area contributed by atoms with Crippen molar-refractivity contribution in [1.82, 2.24) is 14.9 Å². The Morgan fingerprint density at radius 1 is 1.40 bits per heavy atom. The summed E-state index contributed by atoms with van der Waals surface area (Å²) in [5.41, 5.74) is -0.479. The van der Waals surface area contributed by atoms with Gasteiger partial charge in [0.05, 0.1) is 6.04 Å². The van der Waals surface area contributed by atoms with E-state index in [1.54, 1.807) is 23.4 Å². The lowest BCUT2D eigenvalue weighted by Gasteiger charge is -2.28. The Morgan fingerprint density at radius 3 is 2.75 bits per heavy atom. The van der Waals surface area contributed by atoms with E-state index in [4.69, 9.17) is 9.47 Å². The van der Waals surface area contributed by atoms with Crippen molar-refractivity contribution in [2.75, 3.05) is 13.2 Å². The summed E-state index contributed by atoms with van der Waals surface area (Å²) in [6.07, 6.45) is 4.85. The highest BCUT2D eigenvalue weighted by Crippen LogP contribution is 2.21. The number of aromatic nitrogens is 2. The number of carbonyl (C=O) groups excluding carboxylic acids is 1. The van der Waals surface area contributed by atoms with E-state index in [1.807, 2.05) is 20.8 Å². The van der Waals surface area contributed by atoms with Crippen LogP contribution in [-0.2, 0) is 4.74 Å². The van der Waals surface area contributed by atoms with Gasteiger partial charge in [0.2, 0.25) is 0 Å². The number of hydrogen-bond donors (Lipinski definition) is 0. The molecule has 1 amide bonds. The maximum Gasteiger partial charge on any atom is 0.410 e. The summed E-state index contributed by atoms with van der Waals surface area (Å²) in [4.78, 5) is 21.8. The summed E-state index contributed by atoms with van der Waals surface area (Å²) in [5.74, 6) is 0. The van der Waals surface area contributed by atoms with Gasteiger partial charge in [0.1, 0.15) is 12.2 Å². The average Bonchev–Trinajstić information content (AvgIpc) is 2.84. The lowest BCUT2D eigenvalue weighted by atomic mass is 10.2. The SMILES string of the molecule is CC(C)(C)OC(=O)N1CCC[C@@H]1COc1ncccn1. The molecule has 0 bridgehead atoms. The Bertz CT molecular complexity index is 445. The lowest BCUT2D eigenvalue weighted by Crippen LogP contribution is -2.42. The molecule has 0 unspecified atom stereocenters. The van der Waals surface area contributed by atoms with Gasteiger partial charge in [-0.15, -0.1) is 0 Å². The minimum atomic E-state index is -0.479. The predicted octanol–water partition coefficient (Wildman–Crippen LogP) is 2.25. The number of hydrogen-bond acceptors (Lipinski definition) is 5. The van der Waals surface area contributed by atoms with E-state index in [-0.39, 0.29) is 12.1 Å². The van der Waals surface area contributed by atoms with Crippen molar-refractivity contribution in [2.45, 2.75) is 45.3 Å². The van der Waals surface area contributed by atoms with E-state index in [1.165, 1.54) is 0 Å². The Labute approximate surface area is 119 Å². The van der Waals surface area contributed by atoms with Gasteiger partial charge in [-0.05, 0) is 39.7 Å². The topological polar surface area (TPSA) is 64.5 Å². The smallest absolute Gasteiger partial charge is 0.410 e. The van der Waals surface area contributed by atoms with Gasteiger partial charge in [-0.2, -0.15) is 0 Å². The van der Waals surface area contributed by atoms with Gasteiger partial charge >= 0.3 is 12.1 Å². The van der Waals surface area contributed by atoms with Crippen molar-refractivity contribution in [3.8, 4) is 6.01 Å². The molecule has 2 rings (SSSR count). The number of ether oxygens (including phenoxy) is 2. The summed E-state index contributed by atoms with van der Waals surface area (Å²) >= 11 is 0. The zero-order chi connectivity index (χ0) is 14.6. The van der Waals surface area contributed by atoms with Crippen molar-refractivity contribution in [1.29, 1.82) is 0 Å². The maximum atomic E-state index is 12.1. The summed E-state index contributed by atoms with van der Waals surface area (Å²) < 4.78 is 10.9. The summed E-state index contributed by atoms with van der Waals surface area (Å²) in [6, 6.07) is 2.09. The van der Waals surface area contributed by atoms with Crippen molar-refractivity contribution >= 4 is 6.09 Å². The van der Waals surface area contributed by atoms with Crippen LogP contribution < -0.4 is 4.74 Å². The molecule has 0 spiro atoms. The minimum absolute atomic E-state index is 0.0219. The first kappa shape index (κ1) is 14.6. The zero-order valence-corrected chi connectivity index (χ0v) is 12.2. The van der Waals surface area contributed by atoms with E-state index in [9.17, 15) is 4.79 Å². The number of rotatable bonds is 3. The van der Waals surface area contributed by atoms with Gasteiger partial charge in [-0.3, -0.25) is 0 Å². The molecule has 0 radical (unpaired) electrons. The molecule has 2 heterocycles. The molecule has 0 saturated carbocycles. The molecule has 0 aliphatic carbocycles. The van der Waals surface area contributed by atoms with Crippen LogP contribution in [0.1, 0.15) is 33.6 Å². The van der Waals surface area contributed by atoms with Crippen molar-refractivity contribution in [3.05, 3.63) is 18.5 Å². The number of likely N-dealkylation sites (tertiary alicyclic amines) is 1. The third kappa shape index (κ3) is 4.08. The van der Waals surface area contributed by atoms with Gasteiger partial charge in [0, 0.05) is 18.9 Å². The van der Waals surface area contributed by atoms with Gasteiger partial charge in [-0.25, -0.2) is 14.8 Å². The molecule has 1 saturated heterocycles. The molecule has 20 heavy (non-hydrogen) atoms. The van der Waals surface area contributed by atoms with Crippen LogP contribution in [0.3, 0.4) is 0 Å². The highest BCUT2D eigenvalue weighted by molar-refractivity contribution is 5.68. The van der Waals surface area contributed by atoms with Crippen LogP contribution in [0.25, 0.3) is 0 Å². The third-order valence-electron chi connectivity index (χ3n) is 2.95. The predicted molar refractivity (Wildman–Crippen MR) is 73.5 cm³/mol.